The van der Waals surface area contributed by atoms with Crippen molar-refractivity contribution in [3.8, 4) is 16.9 Å². The van der Waals surface area contributed by atoms with E-state index in [1.807, 2.05) is 91.0 Å². The van der Waals surface area contributed by atoms with E-state index in [4.69, 9.17) is 4.74 Å². The number of ether oxygens (including phenoxy) is 1. The quantitative estimate of drug-likeness (QED) is 0.339. The Kier molecular flexibility index (Phi) is 8.49. The number of hydrogen-bond acceptors (Lipinski definition) is 3. The number of carbonyl (C=O) groups is 2. The molecule has 0 bridgehead atoms. The fraction of sp³-hybridized carbons (Fsp3) is 0.161. The van der Waals surface area contributed by atoms with Gasteiger partial charge in [-0.3, -0.25) is 9.59 Å². The molecule has 0 radical (unpaired) electrons. The Labute approximate surface area is 212 Å². The Morgan fingerprint density at radius 2 is 1.36 bits per heavy atom. The Morgan fingerprint density at radius 1 is 0.722 bits per heavy atom. The predicted octanol–water partition coefficient (Wildman–Crippen LogP) is 4.95. The van der Waals surface area contributed by atoms with Gasteiger partial charge in [-0.15, -0.1) is 0 Å². The van der Waals surface area contributed by atoms with Crippen molar-refractivity contribution in [1.29, 1.82) is 0 Å². The summed E-state index contributed by atoms with van der Waals surface area (Å²) >= 11 is 0. The second kappa shape index (κ2) is 12.4. The third kappa shape index (κ3) is 7.06. The van der Waals surface area contributed by atoms with Gasteiger partial charge in [-0.25, -0.2) is 0 Å². The predicted molar refractivity (Wildman–Crippen MR) is 142 cm³/mol. The molecule has 182 valence electrons. The highest BCUT2D eigenvalue weighted by Gasteiger charge is 2.21. The number of nitrogens with one attached hydrogen (secondary N) is 2. The Bertz CT molecular complexity index is 1270. The standard InChI is InChI=1S/C31H30N2O3/c1-36-28-17-15-23(16-18-28)21-30(34)33-29(31(35)32-22-24-9-4-2-5-10-24)20-25-11-8-14-27(19-25)26-12-6-3-7-13-26/h2-19,29H,20-22H2,1H3,(H,32,35)(H,33,34). The average Bonchev–Trinajstić information content (AvgIpc) is 2.93. The topological polar surface area (TPSA) is 67.4 Å². The van der Waals surface area contributed by atoms with Gasteiger partial charge in [-0.05, 0) is 39.9 Å². The van der Waals surface area contributed by atoms with Crippen LogP contribution >= 0.6 is 0 Å². The first-order valence-corrected chi connectivity index (χ1v) is 12.0. The molecule has 36 heavy (non-hydrogen) atoms. The van der Waals surface area contributed by atoms with Crippen molar-refractivity contribution in [2.24, 2.45) is 0 Å². The van der Waals surface area contributed by atoms with Crippen LogP contribution < -0.4 is 15.4 Å². The first-order chi connectivity index (χ1) is 17.6. The van der Waals surface area contributed by atoms with E-state index in [1.165, 1.54) is 0 Å². The average molecular weight is 479 g/mol. The smallest absolute Gasteiger partial charge is 0.243 e. The van der Waals surface area contributed by atoms with Gasteiger partial charge in [0.2, 0.25) is 11.8 Å². The lowest BCUT2D eigenvalue weighted by atomic mass is 9.99. The van der Waals surface area contributed by atoms with Crippen molar-refractivity contribution < 1.29 is 14.3 Å². The minimum atomic E-state index is -0.703. The molecule has 0 saturated carbocycles. The van der Waals surface area contributed by atoms with Gasteiger partial charge >= 0.3 is 0 Å². The molecule has 4 aromatic carbocycles. The summed E-state index contributed by atoms with van der Waals surface area (Å²) in [6.45, 7) is 0.397. The van der Waals surface area contributed by atoms with E-state index in [0.717, 1.165) is 33.6 Å². The summed E-state index contributed by atoms with van der Waals surface area (Å²) in [4.78, 5) is 26.1. The molecule has 1 unspecified atom stereocenters. The van der Waals surface area contributed by atoms with Gasteiger partial charge in [0.05, 0.1) is 13.5 Å². The number of methoxy groups -OCH3 is 1. The second-order valence-corrected chi connectivity index (χ2v) is 8.62. The van der Waals surface area contributed by atoms with Crippen LogP contribution in [0.25, 0.3) is 11.1 Å². The van der Waals surface area contributed by atoms with E-state index in [2.05, 4.69) is 28.8 Å². The maximum atomic E-state index is 13.2. The summed E-state index contributed by atoms with van der Waals surface area (Å²) < 4.78 is 5.19. The zero-order valence-corrected chi connectivity index (χ0v) is 20.3. The number of rotatable bonds is 10. The van der Waals surface area contributed by atoms with Gasteiger partial charge < -0.3 is 15.4 Å². The van der Waals surface area contributed by atoms with E-state index < -0.39 is 6.04 Å². The molecule has 0 spiro atoms. The summed E-state index contributed by atoms with van der Waals surface area (Å²) in [7, 11) is 1.60. The summed E-state index contributed by atoms with van der Waals surface area (Å²) in [6.07, 6.45) is 0.562. The van der Waals surface area contributed by atoms with Crippen LogP contribution in [0, 0.1) is 0 Å². The van der Waals surface area contributed by atoms with E-state index in [-0.39, 0.29) is 18.2 Å². The molecule has 0 heterocycles. The molecule has 2 N–H and O–H groups in total. The zero-order chi connectivity index (χ0) is 25.2. The third-order valence-electron chi connectivity index (χ3n) is 5.96. The Morgan fingerprint density at radius 3 is 2.06 bits per heavy atom. The molecule has 0 aliphatic rings. The molecule has 5 heteroatoms. The number of hydrogen-bond donors (Lipinski definition) is 2. The van der Waals surface area contributed by atoms with Gasteiger partial charge in [-0.1, -0.05) is 97.1 Å². The molecule has 0 aliphatic carbocycles. The van der Waals surface area contributed by atoms with Crippen LogP contribution in [0.15, 0.2) is 109 Å². The van der Waals surface area contributed by atoms with Gasteiger partial charge in [0.25, 0.3) is 0 Å². The van der Waals surface area contributed by atoms with Crippen LogP contribution in [0.4, 0.5) is 0 Å². The van der Waals surface area contributed by atoms with Crippen molar-refractivity contribution in [3.63, 3.8) is 0 Å². The third-order valence-corrected chi connectivity index (χ3v) is 5.96. The highest BCUT2D eigenvalue weighted by atomic mass is 16.5. The van der Waals surface area contributed by atoms with Crippen molar-refractivity contribution >= 4 is 11.8 Å². The van der Waals surface area contributed by atoms with E-state index in [9.17, 15) is 9.59 Å². The molecular weight excluding hydrogens is 448 g/mol. The molecule has 0 fully saturated rings. The van der Waals surface area contributed by atoms with Gasteiger partial charge in [-0.2, -0.15) is 0 Å². The van der Waals surface area contributed by atoms with Crippen molar-refractivity contribution in [2.45, 2.75) is 25.4 Å². The lowest BCUT2D eigenvalue weighted by Gasteiger charge is -2.19. The van der Waals surface area contributed by atoms with Crippen LogP contribution in [0.3, 0.4) is 0 Å². The lowest BCUT2D eigenvalue weighted by Crippen LogP contribution is -2.48. The monoisotopic (exact) mass is 478 g/mol. The Balaban J connectivity index is 1.48. The summed E-state index contributed by atoms with van der Waals surface area (Å²) in [5, 5.41) is 5.94. The van der Waals surface area contributed by atoms with Crippen LogP contribution in [-0.2, 0) is 29.0 Å². The fourth-order valence-electron chi connectivity index (χ4n) is 4.04. The SMILES string of the molecule is COc1ccc(CC(=O)NC(Cc2cccc(-c3ccccc3)c2)C(=O)NCc2ccccc2)cc1. The molecule has 4 rings (SSSR count). The minimum Gasteiger partial charge on any atom is -0.497 e. The van der Waals surface area contributed by atoms with Crippen molar-refractivity contribution in [2.75, 3.05) is 7.11 Å². The molecule has 0 aliphatic heterocycles. The van der Waals surface area contributed by atoms with E-state index in [0.29, 0.717) is 13.0 Å². The van der Waals surface area contributed by atoms with Crippen LogP contribution in [0.1, 0.15) is 16.7 Å². The Hall–Kier alpha value is -4.38. The molecule has 5 nitrogen and oxygen atoms in total. The van der Waals surface area contributed by atoms with Gasteiger partial charge in [0.1, 0.15) is 11.8 Å². The van der Waals surface area contributed by atoms with E-state index in [1.54, 1.807) is 7.11 Å². The first kappa shape index (κ1) is 24.7. The normalized spacial score (nSPS) is 11.4. The van der Waals surface area contributed by atoms with Crippen molar-refractivity contribution in [1.82, 2.24) is 10.6 Å². The first-order valence-electron chi connectivity index (χ1n) is 12.0. The summed E-state index contributed by atoms with van der Waals surface area (Å²) in [6, 6.07) is 34.6. The number of carbonyl (C=O) groups excluding carboxylic acids is 2. The van der Waals surface area contributed by atoms with E-state index >= 15 is 0 Å². The molecule has 4 aromatic rings. The molecule has 0 aromatic heterocycles. The maximum absolute atomic E-state index is 13.2. The van der Waals surface area contributed by atoms with Crippen molar-refractivity contribution in [3.05, 3.63) is 126 Å². The maximum Gasteiger partial charge on any atom is 0.243 e. The minimum absolute atomic E-state index is 0.177. The van der Waals surface area contributed by atoms with Gasteiger partial charge in [0.15, 0.2) is 0 Å². The van der Waals surface area contributed by atoms with Gasteiger partial charge in [0, 0.05) is 13.0 Å². The van der Waals surface area contributed by atoms with Crippen LogP contribution in [-0.4, -0.2) is 25.0 Å². The number of benzene rings is 4. The summed E-state index contributed by atoms with van der Waals surface area (Å²) in [5.41, 5.74) is 5.00. The lowest BCUT2D eigenvalue weighted by molar-refractivity contribution is -0.128. The second-order valence-electron chi connectivity index (χ2n) is 8.62. The zero-order valence-electron chi connectivity index (χ0n) is 20.3. The largest absolute Gasteiger partial charge is 0.497 e. The van der Waals surface area contributed by atoms with Crippen LogP contribution in [0.2, 0.25) is 0 Å². The highest BCUT2D eigenvalue weighted by molar-refractivity contribution is 5.88. The molecule has 2 amide bonds. The molecule has 1 atom stereocenters. The number of amides is 2. The molecule has 0 saturated heterocycles. The fourth-order valence-corrected chi connectivity index (χ4v) is 4.04. The molecular formula is C31H30N2O3. The highest BCUT2D eigenvalue weighted by Crippen LogP contribution is 2.21. The van der Waals surface area contributed by atoms with Crippen LogP contribution in [0.5, 0.6) is 5.75 Å². The summed E-state index contributed by atoms with van der Waals surface area (Å²) in [5.74, 6) is 0.307.